The van der Waals surface area contributed by atoms with Crippen LogP contribution in [0, 0.1) is 0 Å². The molecule has 0 aliphatic carbocycles. The van der Waals surface area contributed by atoms with E-state index >= 15 is 0 Å². The van der Waals surface area contributed by atoms with E-state index in [0.29, 0.717) is 4.87 Å². The van der Waals surface area contributed by atoms with Crippen molar-refractivity contribution in [3.05, 3.63) is 0 Å². The zero-order valence-corrected chi connectivity index (χ0v) is 16.9. The highest BCUT2D eigenvalue weighted by Crippen LogP contribution is 2.29. The quantitative estimate of drug-likeness (QED) is 0.706. The number of hydrogen-bond acceptors (Lipinski definition) is 7. The highest BCUT2D eigenvalue weighted by Gasteiger charge is 2.37. The molecule has 21 heavy (non-hydrogen) atoms. The van der Waals surface area contributed by atoms with Crippen LogP contribution in [0.3, 0.4) is 0 Å². The Labute approximate surface area is 139 Å². The molecular weight excluding hydrogens is 336 g/mol. The molecule has 0 aromatic heterocycles. The van der Waals surface area contributed by atoms with Crippen molar-refractivity contribution >= 4 is 51.2 Å². The summed E-state index contributed by atoms with van der Waals surface area (Å²) < 4.78 is 6.39. The van der Waals surface area contributed by atoms with E-state index in [1.807, 2.05) is 23.5 Å². The molecule has 2 aliphatic heterocycles. The van der Waals surface area contributed by atoms with Crippen LogP contribution in [0.2, 0.25) is 26.2 Å². The Morgan fingerprint density at radius 3 is 2.33 bits per heavy atom. The number of rotatable bonds is 6. The summed E-state index contributed by atoms with van der Waals surface area (Å²) in [6.07, 6.45) is 0. The normalized spacial score (nSPS) is 20.0. The first-order valence-electron chi connectivity index (χ1n) is 7.32. The molecule has 0 aromatic carbocycles. The second-order valence-electron chi connectivity index (χ2n) is 5.76. The first-order chi connectivity index (χ1) is 9.97. The third-order valence-corrected chi connectivity index (χ3v) is 13.2. The second kappa shape index (κ2) is 8.05. The van der Waals surface area contributed by atoms with E-state index in [1.54, 1.807) is 0 Å². The first kappa shape index (κ1) is 17.4. The zero-order chi connectivity index (χ0) is 15.3. The minimum Gasteiger partial charge on any atom is -0.455 e. The largest absolute Gasteiger partial charge is 0.455 e. The van der Waals surface area contributed by atoms with Gasteiger partial charge in [0.1, 0.15) is 0 Å². The van der Waals surface area contributed by atoms with Crippen LogP contribution in [0.15, 0.2) is 9.98 Å². The number of hydrogen-bond donors (Lipinski definition) is 2. The van der Waals surface area contributed by atoms with Crippen molar-refractivity contribution in [2.75, 3.05) is 31.9 Å². The van der Waals surface area contributed by atoms with E-state index in [0.717, 1.165) is 42.3 Å². The molecule has 0 amide bonds. The van der Waals surface area contributed by atoms with E-state index in [-0.39, 0.29) is 0 Å². The average Bonchev–Trinajstić information content (AvgIpc) is 3.06. The molecule has 2 aliphatic rings. The third kappa shape index (κ3) is 5.62. The maximum atomic E-state index is 6.39. The SMILES string of the molecule is C[Si](C)O[Si](C)(C)C(CSC1=NCCN1)SC1=NCCN1. The van der Waals surface area contributed by atoms with Crippen molar-refractivity contribution in [1.82, 2.24) is 10.6 Å². The predicted molar refractivity (Wildman–Crippen MR) is 100 cm³/mol. The lowest BCUT2D eigenvalue weighted by molar-refractivity contribution is 0.571. The number of aliphatic imine (C=N–C) groups is 2. The van der Waals surface area contributed by atoms with Crippen molar-refractivity contribution < 1.29 is 4.12 Å². The van der Waals surface area contributed by atoms with Gasteiger partial charge in [-0.15, -0.1) is 0 Å². The molecule has 1 atom stereocenters. The van der Waals surface area contributed by atoms with Gasteiger partial charge in [0.15, 0.2) is 27.7 Å². The van der Waals surface area contributed by atoms with Crippen molar-refractivity contribution in [2.45, 2.75) is 31.1 Å². The van der Waals surface area contributed by atoms with Crippen LogP contribution in [0.4, 0.5) is 0 Å². The van der Waals surface area contributed by atoms with Crippen molar-refractivity contribution in [3.63, 3.8) is 0 Å². The fourth-order valence-electron chi connectivity index (χ4n) is 2.19. The van der Waals surface area contributed by atoms with Crippen LogP contribution in [0.5, 0.6) is 0 Å². The topological polar surface area (TPSA) is 58.0 Å². The molecule has 2 rings (SSSR count). The van der Waals surface area contributed by atoms with Gasteiger partial charge in [0.25, 0.3) is 0 Å². The third-order valence-electron chi connectivity index (χ3n) is 3.15. The Balaban J connectivity index is 1.97. The van der Waals surface area contributed by atoms with Gasteiger partial charge in [0.2, 0.25) is 0 Å². The zero-order valence-electron chi connectivity index (χ0n) is 13.2. The Morgan fingerprint density at radius 1 is 1.19 bits per heavy atom. The van der Waals surface area contributed by atoms with Crippen LogP contribution in [0.1, 0.15) is 0 Å². The lowest BCUT2D eigenvalue weighted by Crippen LogP contribution is -2.48. The maximum absolute atomic E-state index is 6.39. The standard InChI is InChI=1S/C12H25N4OS2Si2/c1-20(2)17-21(3,4)10(19-12-15-7-8-16-12)9-18-11-13-5-6-14-11/h10H,5-9H2,1-4H3,(H,13,14)(H,15,16). The molecule has 0 spiro atoms. The lowest BCUT2D eigenvalue weighted by Gasteiger charge is -2.33. The molecule has 0 bridgehead atoms. The van der Waals surface area contributed by atoms with Crippen molar-refractivity contribution in [1.29, 1.82) is 0 Å². The second-order valence-corrected chi connectivity index (χ2v) is 14.9. The van der Waals surface area contributed by atoms with Crippen LogP contribution in [-0.4, -0.2) is 64.5 Å². The average molecular weight is 362 g/mol. The summed E-state index contributed by atoms with van der Waals surface area (Å²) in [6, 6.07) is 0. The highest BCUT2D eigenvalue weighted by atomic mass is 32.2. The van der Waals surface area contributed by atoms with Gasteiger partial charge in [-0.25, -0.2) is 0 Å². The molecular formula is C12H25N4OS2Si2. The van der Waals surface area contributed by atoms with Gasteiger partial charge in [0.05, 0.1) is 13.1 Å². The van der Waals surface area contributed by atoms with Gasteiger partial charge in [-0.3, -0.25) is 9.98 Å². The van der Waals surface area contributed by atoms with E-state index in [2.05, 4.69) is 46.8 Å². The number of nitrogens with zero attached hydrogens (tertiary/aromatic N) is 2. The van der Waals surface area contributed by atoms with Gasteiger partial charge in [-0.1, -0.05) is 23.5 Å². The summed E-state index contributed by atoms with van der Waals surface area (Å²) in [5.74, 6) is 1.03. The van der Waals surface area contributed by atoms with E-state index in [9.17, 15) is 0 Å². The van der Waals surface area contributed by atoms with Gasteiger partial charge in [-0.2, -0.15) is 0 Å². The van der Waals surface area contributed by atoms with Gasteiger partial charge in [-0.05, 0) is 26.2 Å². The molecule has 1 radical (unpaired) electrons. The van der Waals surface area contributed by atoms with Crippen LogP contribution in [0.25, 0.3) is 0 Å². The minimum atomic E-state index is -1.75. The summed E-state index contributed by atoms with van der Waals surface area (Å²) in [5, 5.41) is 8.89. The monoisotopic (exact) mass is 361 g/mol. The Hall–Kier alpha value is 0.0338. The Morgan fingerprint density at radius 2 is 1.81 bits per heavy atom. The van der Waals surface area contributed by atoms with Gasteiger partial charge < -0.3 is 14.7 Å². The van der Waals surface area contributed by atoms with Gasteiger partial charge in [0, 0.05) is 23.7 Å². The van der Waals surface area contributed by atoms with E-state index in [4.69, 9.17) is 4.12 Å². The maximum Gasteiger partial charge on any atom is 0.191 e. The van der Waals surface area contributed by atoms with Gasteiger partial charge >= 0.3 is 0 Å². The van der Waals surface area contributed by atoms with E-state index < -0.39 is 17.4 Å². The fraction of sp³-hybridized carbons (Fsp3) is 0.833. The number of nitrogens with one attached hydrogen (secondary N) is 2. The summed E-state index contributed by atoms with van der Waals surface area (Å²) in [7, 11) is -2.42. The van der Waals surface area contributed by atoms with Crippen molar-refractivity contribution in [2.24, 2.45) is 9.98 Å². The summed E-state index contributed by atoms with van der Waals surface area (Å²) in [4.78, 5) is 9.50. The molecule has 0 aromatic rings. The van der Waals surface area contributed by atoms with Crippen molar-refractivity contribution in [3.8, 4) is 0 Å². The lowest BCUT2D eigenvalue weighted by atomic mass is 10.7. The molecule has 5 nitrogen and oxygen atoms in total. The molecule has 0 saturated heterocycles. The number of thioether (sulfide) groups is 2. The molecule has 1 unspecified atom stereocenters. The fourth-order valence-corrected chi connectivity index (χ4v) is 12.5. The van der Waals surface area contributed by atoms with E-state index in [1.165, 1.54) is 0 Å². The molecule has 0 fully saturated rings. The summed E-state index contributed by atoms with van der Waals surface area (Å²) in [5.41, 5.74) is 0. The molecule has 9 heteroatoms. The number of amidine groups is 2. The Kier molecular flexibility index (Phi) is 6.66. The molecule has 0 saturated carbocycles. The van der Waals surface area contributed by atoms with Crippen LogP contribution < -0.4 is 10.6 Å². The highest BCUT2D eigenvalue weighted by molar-refractivity contribution is 8.18. The molecule has 2 heterocycles. The van der Waals surface area contributed by atoms with Crippen LogP contribution in [-0.2, 0) is 4.12 Å². The predicted octanol–water partition coefficient (Wildman–Crippen LogP) is 1.75. The van der Waals surface area contributed by atoms with Crippen LogP contribution >= 0.6 is 23.5 Å². The Bertz CT molecular complexity index is 418. The molecule has 2 N–H and O–H groups in total. The minimum absolute atomic E-state index is 0.483. The molecule has 119 valence electrons. The smallest absolute Gasteiger partial charge is 0.191 e. The summed E-state index contributed by atoms with van der Waals surface area (Å²) in [6.45, 7) is 12.9. The summed E-state index contributed by atoms with van der Waals surface area (Å²) >= 11 is 3.70. The first-order valence-corrected chi connectivity index (χ1v) is 14.6.